The van der Waals surface area contributed by atoms with Crippen LogP contribution in [-0.2, 0) is 11.2 Å². The van der Waals surface area contributed by atoms with Crippen molar-refractivity contribution in [2.45, 2.75) is 31.8 Å². The van der Waals surface area contributed by atoms with E-state index >= 15 is 0 Å². The molecule has 2 aromatic carbocycles. The molecule has 1 aromatic heterocycles. The van der Waals surface area contributed by atoms with E-state index in [4.69, 9.17) is 4.74 Å². The van der Waals surface area contributed by atoms with Crippen LogP contribution in [0.15, 0.2) is 42.7 Å². The van der Waals surface area contributed by atoms with Crippen LogP contribution in [0.5, 0.6) is 5.75 Å². The van der Waals surface area contributed by atoms with Gasteiger partial charge in [-0.1, -0.05) is 24.0 Å². The smallest absolute Gasteiger partial charge is 0.226 e. The van der Waals surface area contributed by atoms with Crippen LogP contribution in [0.2, 0.25) is 0 Å². The molecular weight excluding hydrogens is 432 g/mol. The molecule has 0 saturated carbocycles. The molecule has 1 saturated heterocycles. The van der Waals surface area contributed by atoms with Crippen molar-refractivity contribution in [2.24, 2.45) is 0 Å². The maximum Gasteiger partial charge on any atom is 0.226 e. The number of piperidine rings is 1. The first-order valence-corrected chi connectivity index (χ1v) is 10.9. The summed E-state index contributed by atoms with van der Waals surface area (Å²) in [6.45, 7) is 2.67. The molecule has 1 amide bonds. The topological polar surface area (TPSA) is 117 Å². The number of ether oxygens (including phenoxy) is 1. The lowest BCUT2D eigenvalue weighted by Gasteiger charge is -2.35. The van der Waals surface area contributed by atoms with Crippen LogP contribution in [0.3, 0.4) is 0 Å². The number of nitrogens with zero attached hydrogens (tertiary/aromatic N) is 6. The summed E-state index contributed by atoms with van der Waals surface area (Å²) in [4.78, 5) is 14.5. The molecule has 1 fully saturated rings. The number of nitriles is 1. The summed E-state index contributed by atoms with van der Waals surface area (Å²) in [5, 5.41) is 31.4. The Morgan fingerprint density at radius 3 is 2.56 bits per heavy atom. The van der Waals surface area contributed by atoms with Crippen molar-refractivity contribution in [1.82, 2.24) is 25.1 Å². The average Bonchev–Trinajstić information content (AvgIpc) is 3.39. The van der Waals surface area contributed by atoms with Gasteiger partial charge in [-0.2, -0.15) is 5.26 Å². The number of likely N-dealkylation sites (tertiary alicyclic amines) is 1. The zero-order valence-corrected chi connectivity index (χ0v) is 19.0. The monoisotopic (exact) mass is 456 g/mol. The number of benzene rings is 2. The van der Waals surface area contributed by atoms with Gasteiger partial charge in [0, 0.05) is 31.5 Å². The number of methoxy groups -OCH3 is 1. The van der Waals surface area contributed by atoms with Crippen LogP contribution < -0.4 is 4.74 Å². The minimum absolute atomic E-state index is 0.00911. The van der Waals surface area contributed by atoms with Crippen molar-refractivity contribution in [3.8, 4) is 29.3 Å². The highest BCUT2D eigenvalue weighted by atomic mass is 16.5. The van der Waals surface area contributed by atoms with Gasteiger partial charge >= 0.3 is 0 Å². The summed E-state index contributed by atoms with van der Waals surface area (Å²) < 4.78 is 6.77. The van der Waals surface area contributed by atoms with Gasteiger partial charge in [0.15, 0.2) is 0 Å². The van der Waals surface area contributed by atoms with Gasteiger partial charge in [-0.05, 0) is 52.7 Å². The highest BCUT2D eigenvalue weighted by molar-refractivity contribution is 5.79. The molecule has 1 aliphatic rings. The second kappa shape index (κ2) is 9.74. The van der Waals surface area contributed by atoms with Crippen molar-refractivity contribution in [3.05, 3.63) is 65.0 Å². The number of carbonyl (C=O) groups excluding carboxylic acids is 1. The lowest BCUT2D eigenvalue weighted by atomic mass is 9.91. The summed E-state index contributed by atoms with van der Waals surface area (Å²) in [6.07, 6.45) is 2.52. The van der Waals surface area contributed by atoms with Gasteiger partial charge in [0.1, 0.15) is 23.7 Å². The molecule has 172 valence electrons. The Bertz CT molecular complexity index is 1280. The van der Waals surface area contributed by atoms with Gasteiger partial charge in [-0.25, -0.2) is 4.68 Å². The van der Waals surface area contributed by atoms with Gasteiger partial charge in [0.2, 0.25) is 5.91 Å². The minimum atomic E-state index is -1.18. The van der Waals surface area contributed by atoms with E-state index in [1.54, 1.807) is 21.7 Å². The second-order valence-electron chi connectivity index (χ2n) is 8.19. The number of aromatic nitrogens is 4. The molecule has 9 nitrogen and oxygen atoms in total. The summed E-state index contributed by atoms with van der Waals surface area (Å²) in [5.41, 5.74) is 2.37. The summed E-state index contributed by atoms with van der Waals surface area (Å²) in [5.74, 6) is 6.51. The van der Waals surface area contributed by atoms with Gasteiger partial charge < -0.3 is 14.7 Å². The van der Waals surface area contributed by atoms with E-state index in [2.05, 4.69) is 33.4 Å². The van der Waals surface area contributed by atoms with Crippen LogP contribution in [0.1, 0.15) is 35.1 Å². The minimum Gasteiger partial charge on any atom is -0.495 e. The van der Waals surface area contributed by atoms with Crippen LogP contribution in [0, 0.1) is 30.1 Å². The van der Waals surface area contributed by atoms with Crippen molar-refractivity contribution in [2.75, 3.05) is 20.2 Å². The number of hydrogen-bond donors (Lipinski definition) is 1. The predicted octanol–water partition coefficient (Wildman–Crippen LogP) is 1.80. The van der Waals surface area contributed by atoms with Gasteiger partial charge in [0.25, 0.3) is 0 Å². The number of rotatable bonds is 4. The Morgan fingerprint density at radius 2 is 1.94 bits per heavy atom. The maximum absolute atomic E-state index is 12.8. The molecule has 1 aliphatic heterocycles. The zero-order chi connectivity index (χ0) is 24.1. The third kappa shape index (κ3) is 4.90. The Labute approximate surface area is 197 Å². The molecule has 0 bridgehead atoms. The predicted molar refractivity (Wildman–Crippen MR) is 123 cm³/mol. The highest BCUT2D eigenvalue weighted by Gasteiger charge is 2.32. The Hall–Kier alpha value is -4.21. The lowest BCUT2D eigenvalue weighted by molar-refractivity contribution is -0.133. The second-order valence-corrected chi connectivity index (χ2v) is 8.19. The SMILES string of the molecule is COc1ccc(C#CC2(O)CCN(C(=O)Cc3ccc(-n4cnnn4)cc3)CC2)c(C)c1C#N. The fourth-order valence-corrected chi connectivity index (χ4v) is 3.90. The Balaban J connectivity index is 1.37. The summed E-state index contributed by atoms with van der Waals surface area (Å²) >= 11 is 0. The molecule has 4 rings (SSSR count). The molecule has 1 N–H and O–H groups in total. The van der Waals surface area contributed by atoms with Crippen LogP contribution in [0.4, 0.5) is 0 Å². The maximum atomic E-state index is 12.8. The first-order chi connectivity index (χ1) is 16.4. The van der Waals surface area contributed by atoms with E-state index in [9.17, 15) is 15.2 Å². The van der Waals surface area contributed by atoms with Gasteiger partial charge in [-0.3, -0.25) is 4.79 Å². The molecule has 0 aliphatic carbocycles. The molecule has 0 atom stereocenters. The number of hydrogen-bond acceptors (Lipinski definition) is 7. The molecule has 0 spiro atoms. The Kier molecular flexibility index (Phi) is 6.58. The van der Waals surface area contributed by atoms with Crippen molar-refractivity contribution >= 4 is 5.91 Å². The normalized spacial score (nSPS) is 14.6. The van der Waals surface area contributed by atoms with Crippen LogP contribution >= 0.6 is 0 Å². The Morgan fingerprint density at radius 1 is 1.21 bits per heavy atom. The molecule has 0 unspecified atom stereocenters. The van der Waals surface area contributed by atoms with E-state index in [1.807, 2.05) is 31.2 Å². The molecule has 34 heavy (non-hydrogen) atoms. The van der Waals surface area contributed by atoms with E-state index in [1.165, 1.54) is 13.4 Å². The zero-order valence-electron chi connectivity index (χ0n) is 19.0. The number of amides is 1. The van der Waals surface area contributed by atoms with Crippen LogP contribution in [-0.4, -0.2) is 61.9 Å². The van der Waals surface area contributed by atoms with Crippen LogP contribution in [0.25, 0.3) is 5.69 Å². The van der Waals surface area contributed by atoms with Gasteiger partial charge in [0.05, 0.1) is 24.8 Å². The third-order valence-corrected chi connectivity index (χ3v) is 6.04. The number of tetrazole rings is 1. The van der Waals surface area contributed by atoms with E-state index in [0.29, 0.717) is 42.8 Å². The van der Waals surface area contributed by atoms with Crippen molar-refractivity contribution in [1.29, 1.82) is 5.26 Å². The number of aliphatic hydroxyl groups is 1. The van der Waals surface area contributed by atoms with E-state index in [0.717, 1.165) is 16.8 Å². The van der Waals surface area contributed by atoms with E-state index in [-0.39, 0.29) is 12.3 Å². The average molecular weight is 457 g/mol. The number of carbonyl (C=O) groups is 1. The fraction of sp³-hybridized carbons (Fsp3) is 0.320. The van der Waals surface area contributed by atoms with Crippen molar-refractivity contribution < 1.29 is 14.6 Å². The lowest BCUT2D eigenvalue weighted by Crippen LogP contribution is -2.46. The molecule has 0 radical (unpaired) electrons. The molecule has 9 heteroatoms. The third-order valence-electron chi connectivity index (χ3n) is 6.04. The standard InChI is InChI=1S/C25H24N6O3/c1-18-20(5-8-23(34-2)22(18)16-26)9-10-25(33)11-13-30(14-12-25)24(32)15-19-3-6-21(7-4-19)31-17-27-28-29-31/h3-8,17,33H,11-15H2,1-2H3. The summed E-state index contributed by atoms with van der Waals surface area (Å²) in [6, 6.07) is 13.1. The summed E-state index contributed by atoms with van der Waals surface area (Å²) in [7, 11) is 1.52. The molecular formula is C25H24N6O3. The van der Waals surface area contributed by atoms with Gasteiger partial charge in [-0.15, -0.1) is 5.10 Å². The first kappa shape index (κ1) is 23.0. The quantitative estimate of drug-likeness (QED) is 0.595. The molecule has 3 aromatic rings. The largest absolute Gasteiger partial charge is 0.495 e. The highest BCUT2D eigenvalue weighted by Crippen LogP contribution is 2.25. The fourth-order valence-electron chi connectivity index (χ4n) is 3.90. The van der Waals surface area contributed by atoms with Crippen molar-refractivity contribution in [3.63, 3.8) is 0 Å². The first-order valence-electron chi connectivity index (χ1n) is 10.9. The molecule has 2 heterocycles. The van der Waals surface area contributed by atoms with E-state index < -0.39 is 5.60 Å².